The largest absolute Gasteiger partial charge is 0.483 e. The molecule has 0 aliphatic rings. The summed E-state index contributed by atoms with van der Waals surface area (Å²) in [5.74, 6) is -1.21. The molecule has 1 aromatic carbocycles. The van der Waals surface area contributed by atoms with E-state index in [2.05, 4.69) is 0 Å². The van der Waals surface area contributed by atoms with Gasteiger partial charge in [0, 0.05) is 17.1 Å². The molecule has 0 aliphatic heterocycles. The van der Waals surface area contributed by atoms with E-state index in [0.29, 0.717) is 5.02 Å². The van der Waals surface area contributed by atoms with Gasteiger partial charge in [-0.2, -0.15) is 0 Å². The molecule has 0 saturated carbocycles. The van der Waals surface area contributed by atoms with Gasteiger partial charge in [0.2, 0.25) is 0 Å². The fourth-order valence-corrected chi connectivity index (χ4v) is 2.35. The number of hydrogen-bond donors (Lipinski definition) is 1. The van der Waals surface area contributed by atoms with E-state index >= 15 is 0 Å². The Morgan fingerprint density at radius 3 is 2.29 bits per heavy atom. The molecule has 0 radical (unpaired) electrons. The molecule has 1 amide bonds. The van der Waals surface area contributed by atoms with Gasteiger partial charge in [-0.1, -0.05) is 11.6 Å². The molecule has 0 bridgehead atoms. The van der Waals surface area contributed by atoms with Gasteiger partial charge in [0.1, 0.15) is 11.3 Å². The smallest absolute Gasteiger partial charge is 0.339 e. The summed E-state index contributed by atoms with van der Waals surface area (Å²) in [7, 11) is 0. The molecule has 0 heterocycles. The first-order chi connectivity index (χ1) is 9.73. The zero-order valence-corrected chi connectivity index (χ0v) is 13.3. The van der Waals surface area contributed by atoms with Gasteiger partial charge in [0.25, 0.3) is 5.91 Å². The van der Waals surface area contributed by atoms with Crippen LogP contribution in [0.25, 0.3) is 0 Å². The third-order valence-corrected chi connectivity index (χ3v) is 3.16. The van der Waals surface area contributed by atoms with Crippen LogP contribution in [-0.4, -0.2) is 40.6 Å². The van der Waals surface area contributed by atoms with Gasteiger partial charge < -0.3 is 14.7 Å². The second kappa shape index (κ2) is 7.31. The first-order valence-corrected chi connectivity index (χ1v) is 7.08. The lowest BCUT2D eigenvalue weighted by Crippen LogP contribution is -2.44. The van der Waals surface area contributed by atoms with Gasteiger partial charge in [-0.05, 0) is 45.9 Å². The van der Waals surface area contributed by atoms with E-state index in [1.165, 1.54) is 18.2 Å². The number of amides is 1. The fourth-order valence-electron chi connectivity index (χ4n) is 2.18. The zero-order valence-electron chi connectivity index (χ0n) is 12.6. The minimum absolute atomic E-state index is 0.0465. The topological polar surface area (TPSA) is 66.8 Å². The van der Waals surface area contributed by atoms with E-state index in [1.54, 1.807) is 4.90 Å². The SMILES string of the molecule is CC(C)N(C(=O)COc1ccc(Cl)cc1C(=O)O)C(C)C. The molecule has 0 aromatic heterocycles. The molecule has 1 aromatic rings. The first-order valence-electron chi connectivity index (χ1n) is 6.70. The average molecular weight is 314 g/mol. The van der Waals surface area contributed by atoms with Crippen molar-refractivity contribution in [3.8, 4) is 5.75 Å². The summed E-state index contributed by atoms with van der Waals surface area (Å²) in [5.41, 5.74) is -0.0593. The number of carbonyl (C=O) groups is 2. The first kappa shape index (κ1) is 17.3. The number of hydrogen-bond acceptors (Lipinski definition) is 3. The van der Waals surface area contributed by atoms with Crippen LogP contribution < -0.4 is 4.74 Å². The van der Waals surface area contributed by atoms with Crippen molar-refractivity contribution < 1.29 is 19.4 Å². The molecule has 0 unspecified atom stereocenters. The lowest BCUT2D eigenvalue weighted by molar-refractivity contribution is -0.137. The van der Waals surface area contributed by atoms with E-state index in [1.807, 2.05) is 27.7 Å². The number of nitrogens with zero attached hydrogens (tertiary/aromatic N) is 1. The van der Waals surface area contributed by atoms with Crippen LogP contribution in [-0.2, 0) is 4.79 Å². The number of benzene rings is 1. The standard InChI is InChI=1S/C15H20ClNO4/c1-9(2)17(10(3)4)14(18)8-21-13-6-5-11(16)7-12(13)15(19)20/h5-7,9-10H,8H2,1-4H3,(H,19,20). The van der Waals surface area contributed by atoms with Crippen molar-refractivity contribution in [1.29, 1.82) is 0 Å². The maximum Gasteiger partial charge on any atom is 0.339 e. The van der Waals surface area contributed by atoms with Crippen molar-refractivity contribution in [1.82, 2.24) is 4.90 Å². The Kier molecular flexibility index (Phi) is 6.03. The maximum atomic E-state index is 12.2. The van der Waals surface area contributed by atoms with Crippen molar-refractivity contribution >= 4 is 23.5 Å². The van der Waals surface area contributed by atoms with Gasteiger partial charge in [-0.15, -0.1) is 0 Å². The Bertz CT molecular complexity index is 520. The zero-order chi connectivity index (χ0) is 16.2. The van der Waals surface area contributed by atoms with Crippen molar-refractivity contribution in [2.75, 3.05) is 6.61 Å². The number of aromatic carboxylic acids is 1. The summed E-state index contributed by atoms with van der Waals surface area (Å²) in [4.78, 5) is 25.0. The predicted molar refractivity (Wildman–Crippen MR) is 81.0 cm³/mol. The van der Waals surface area contributed by atoms with Crippen molar-refractivity contribution in [2.45, 2.75) is 39.8 Å². The summed E-state index contributed by atoms with van der Waals surface area (Å²) >= 11 is 5.76. The predicted octanol–water partition coefficient (Wildman–Crippen LogP) is 3.06. The highest BCUT2D eigenvalue weighted by Crippen LogP contribution is 2.23. The molecule has 0 atom stereocenters. The quantitative estimate of drug-likeness (QED) is 0.876. The fraction of sp³-hybridized carbons (Fsp3) is 0.467. The molecule has 5 nitrogen and oxygen atoms in total. The summed E-state index contributed by atoms with van der Waals surface area (Å²) in [6.07, 6.45) is 0. The minimum Gasteiger partial charge on any atom is -0.483 e. The summed E-state index contributed by atoms with van der Waals surface area (Å²) in [5, 5.41) is 9.41. The third kappa shape index (κ3) is 4.63. The highest BCUT2D eigenvalue weighted by atomic mass is 35.5. The monoisotopic (exact) mass is 313 g/mol. The third-order valence-electron chi connectivity index (χ3n) is 2.92. The van der Waals surface area contributed by atoms with Crippen LogP contribution in [0.3, 0.4) is 0 Å². The summed E-state index contributed by atoms with van der Waals surface area (Å²) in [6.45, 7) is 7.47. The summed E-state index contributed by atoms with van der Waals surface area (Å²) < 4.78 is 5.37. The molecule has 1 rings (SSSR count). The average Bonchev–Trinajstić information content (AvgIpc) is 2.36. The van der Waals surface area contributed by atoms with E-state index in [0.717, 1.165) is 0 Å². The summed E-state index contributed by atoms with van der Waals surface area (Å²) in [6, 6.07) is 4.37. The molecule has 1 N–H and O–H groups in total. The molecule has 6 heteroatoms. The van der Waals surface area contributed by atoms with Gasteiger partial charge in [0.15, 0.2) is 6.61 Å². The normalized spacial score (nSPS) is 10.8. The Morgan fingerprint density at radius 1 is 1.24 bits per heavy atom. The van der Waals surface area contributed by atoms with Crippen molar-refractivity contribution in [3.05, 3.63) is 28.8 Å². The number of rotatable bonds is 6. The molecule has 116 valence electrons. The highest BCUT2D eigenvalue weighted by molar-refractivity contribution is 6.31. The van der Waals surface area contributed by atoms with Crippen molar-refractivity contribution in [3.63, 3.8) is 0 Å². The minimum atomic E-state index is -1.15. The molecule has 0 aliphatic carbocycles. The van der Waals surface area contributed by atoms with Crippen LogP contribution in [0.5, 0.6) is 5.75 Å². The highest BCUT2D eigenvalue weighted by Gasteiger charge is 2.21. The molecule has 0 saturated heterocycles. The second-order valence-electron chi connectivity index (χ2n) is 5.22. The Balaban J connectivity index is 2.84. The lowest BCUT2D eigenvalue weighted by Gasteiger charge is -2.30. The maximum absolute atomic E-state index is 12.2. The van der Waals surface area contributed by atoms with Gasteiger partial charge >= 0.3 is 5.97 Å². The van der Waals surface area contributed by atoms with Gasteiger partial charge in [-0.3, -0.25) is 4.79 Å². The Hall–Kier alpha value is -1.75. The number of carboxylic acids is 1. The van der Waals surface area contributed by atoms with Crippen LogP contribution in [0, 0.1) is 0 Å². The molecule has 0 spiro atoms. The Morgan fingerprint density at radius 2 is 1.81 bits per heavy atom. The number of carboxylic acid groups (broad SMARTS) is 1. The van der Waals surface area contributed by atoms with E-state index in [4.69, 9.17) is 21.4 Å². The van der Waals surface area contributed by atoms with Crippen LogP contribution in [0.2, 0.25) is 5.02 Å². The molecular formula is C15H20ClNO4. The van der Waals surface area contributed by atoms with Crippen LogP contribution in [0.1, 0.15) is 38.1 Å². The Labute approximate surface area is 129 Å². The van der Waals surface area contributed by atoms with E-state index < -0.39 is 5.97 Å². The van der Waals surface area contributed by atoms with Crippen LogP contribution in [0.15, 0.2) is 18.2 Å². The molecular weight excluding hydrogens is 294 g/mol. The number of ether oxygens (including phenoxy) is 1. The van der Waals surface area contributed by atoms with E-state index in [-0.39, 0.29) is 35.9 Å². The second-order valence-corrected chi connectivity index (χ2v) is 5.66. The van der Waals surface area contributed by atoms with E-state index in [9.17, 15) is 9.59 Å². The van der Waals surface area contributed by atoms with Crippen molar-refractivity contribution in [2.24, 2.45) is 0 Å². The molecule has 0 fully saturated rings. The van der Waals surface area contributed by atoms with Gasteiger partial charge in [-0.25, -0.2) is 4.79 Å². The van der Waals surface area contributed by atoms with Crippen LogP contribution in [0.4, 0.5) is 0 Å². The van der Waals surface area contributed by atoms with Crippen LogP contribution >= 0.6 is 11.6 Å². The number of carbonyl (C=O) groups excluding carboxylic acids is 1. The van der Waals surface area contributed by atoms with Gasteiger partial charge in [0.05, 0.1) is 0 Å². The number of halogens is 1. The lowest BCUT2D eigenvalue weighted by atomic mass is 10.2. The molecule has 21 heavy (non-hydrogen) atoms.